The Balaban J connectivity index is 2.51. The molecule has 0 saturated heterocycles. The van der Waals surface area contributed by atoms with Crippen molar-refractivity contribution in [2.45, 2.75) is 38.4 Å². The van der Waals surface area contributed by atoms with E-state index in [1.807, 2.05) is 12.3 Å². The fourth-order valence-corrected chi connectivity index (χ4v) is 3.94. The van der Waals surface area contributed by atoms with Crippen LogP contribution in [-0.2, 0) is 4.79 Å². The SMILES string of the molecule is CC(C)CC(C)n1c(SCC(=O)O)nc2sccc2c1=O. The molecule has 114 valence electrons. The van der Waals surface area contributed by atoms with E-state index in [4.69, 9.17) is 5.11 Å². The minimum Gasteiger partial charge on any atom is -0.481 e. The van der Waals surface area contributed by atoms with Crippen LogP contribution in [0.2, 0.25) is 0 Å². The second-order valence-electron chi connectivity index (χ2n) is 5.37. The van der Waals surface area contributed by atoms with Gasteiger partial charge < -0.3 is 5.11 Å². The number of aliphatic carboxylic acids is 1. The van der Waals surface area contributed by atoms with Crippen molar-refractivity contribution >= 4 is 39.3 Å². The number of nitrogens with zero attached hydrogens (tertiary/aromatic N) is 2. The maximum Gasteiger partial charge on any atom is 0.313 e. The molecule has 0 aliphatic carbocycles. The Labute approximate surface area is 131 Å². The fraction of sp³-hybridized carbons (Fsp3) is 0.500. The second-order valence-corrected chi connectivity index (χ2v) is 7.21. The van der Waals surface area contributed by atoms with E-state index in [9.17, 15) is 9.59 Å². The second kappa shape index (κ2) is 6.62. The van der Waals surface area contributed by atoms with Gasteiger partial charge in [0.25, 0.3) is 5.56 Å². The van der Waals surface area contributed by atoms with E-state index in [1.54, 1.807) is 10.6 Å². The molecule has 0 bridgehead atoms. The molecule has 0 aromatic carbocycles. The zero-order valence-electron chi connectivity index (χ0n) is 12.2. The van der Waals surface area contributed by atoms with Gasteiger partial charge >= 0.3 is 5.97 Å². The Morgan fingerprint density at radius 1 is 1.48 bits per heavy atom. The van der Waals surface area contributed by atoms with Gasteiger partial charge in [0.05, 0.1) is 11.1 Å². The largest absolute Gasteiger partial charge is 0.481 e. The molecule has 0 spiro atoms. The number of thioether (sulfide) groups is 1. The van der Waals surface area contributed by atoms with E-state index < -0.39 is 5.97 Å². The standard InChI is InChI=1S/C14H18N2O3S2/c1-8(2)6-9(3)16-13(19)10-4-5-20-12(10)15-14(16)21-7-11(17)18/h4-5,8-9H,6-7H2,1-3H3,(H,17,18). The third-order valence-corrected chi connectivity index (χ3v) is 4.82. The van der Waals surface area contributed by atoms with Gasteiger partial charge in [0.15, 0.2) is 5.16 Å². The maximum absolute atomic E-state index is 12.6. The minimum absolute atomic E-state index is 0.00871. The van der Waals surface area contributed by atoms with Crippen molar-refractivity contribution in [1.29, 1.82) is 0 Å². The number of thiophene rings is 1. The molecule has 5 nitrogen and oxygen atoms in total. The first-order valence-electron chi connectivity index (χ1n) is 6.74. The fourth-order valence-electron chi connectivity index (χ4n) is 2.31. The van der Waals surface area contributed by atoms with Gasteiger partial charge in [-0.1, -0.05) is 25.6 Å². The lowest BCUT2D eigenvalue weighted by molar-refractivity contribution is -0.133. The number of fused-ring (bicyclic) bond motifs is 1. The number of aromatic nitrogens is 2. The van der Waals surface area contributed by atoms with Crippen molar-refractivity contribution in [3.8, 4) is 0 Å². The molecule has 7 heteroatoms. The number of hydrogen-bond donors (Lipinski definition) is 1. The molecule has 0 radical (unpaired) electrons. The molecule has 2 aromatic rings. The van der Waals surface area contributed by atoms with Gasteiger partial charge in [-0.15, -0.1) is 11.3 Å². The highest BCUT2D eigenvalue weighted by Crippen LogP contribution is 2.26. The van der Waals surface area contributed by atoms with Crippen LogP contribution in [0.1, 0.15) is 33.2 Å². The van der Waals surface area contributed by atoms with Crippen molar-refractivity contribution in [2.75, 3.05) is 5.75 Å². The first kappa shape index (κ1) is 16.0. The van der Waals surface area contributed by atoms with Crippen molar-refractivity contribution in [3.05, 3.63) is 21.8 Å². The summed E-state index contributed by atoms with van der Waals surface area (Å²) in [5.74, 6) is -0.566. The van der Waals surface area contributed by atoms with Gasteiger partial charge in [0.2, 0.25) is 0 Å². The van der Waals surface area contributed by atoms with Gasteiger partial charge in [-0.05, 0) is 30.7 Å². The summed E-state index contributed by atoms with van der Waals surface area (Å²) in [4.78, 5) is 28.6. The molecule has 1 N–H and O–H groups in total. The molecule has 0 aliphatic heterocycles. The summed E-state index contributed by atoms with van der Waals surface area (Å²) in [6.07, 6.45) is 0.845. The Morgan fingerprint density at radius 3 is 2.81 bits per heavy atom. The highest BCUT2D eigenvalue weighted by molar-refractivity contribution is 7.99. The highest BCUT2D eigenvalue weighted by atomic mass is 32.2. The zero-order chi connectivity index (χ0) is 15.6. The van der Waals surface area contributed by atoms with Gasteiger partial charge in [-0.2, -0.15) is 0 Å². The molecule has 2 aromatic heterocycles. The first-order valence-corrected chi connectivity index (χ1v) is 8.61. The molecule has 1 unspecified atom stereocenters. The van der Waals surface area contributed by atoms with Gasteiger partial charge in [0.1, 0.15) is 4.83 Å². The van der Waals surface area contributed by atoms with E-state index >= 15 is 0 Å². The maximum atomic E-state index is 12.6. The van der Waals surface area contributed by atoms with Crippen LogP contribution >= 0.6 is 23.1 Å². The Bertz CT molecular complexity index is 706. The Morgan fingerprint density at radius 2 is 2.19 bits per heavy atom. The molecule has 1 atom stereocenters. The van der Waals surface area contributed by atoms with E-state index in [0.29, 0.717) is 21.3 Å². The van der Waals surface area contributed by atoms with Crippen LogP contribution in [0.3, 0.4) is 0 Å². The van der Waals surface area contributed by atoms with Crippen LogP contribution in [0.5, 0.6) is 0 Å². The average Bonchev–Trinajstić information content (AvgIpc) is 2.83. The minimum atomic E-state index is -0.913. The number of carboxylic acids is 1. The zero-order valence-corrected chi connectivity index (χ0v) is 13.8. The Kier molecular flexibility index (Phi) is 5.05. The Hall–Kier alpha value is -1.34. The van der Waals surface area contributed by atoms with Crippen LogP contribution in [0.25, 0.3) is 10.2 Å². The molecule has 0 fully saturated rings. The first-order chi connectivity index (χ1) is 9.90. The third kappa shape index (κ3) is 3.65. The monoisotopic (exact) mass is 326 g/mol. The van der Waals surface area contributed by atoms with E-state index in [1.165, 1.54) is 11.3 Å². The molecule has 2 heterocycles. The van der Waals surface area contributed by atoms with Crippen LogP contribution in [0, 0.1) is 5.92 Å². The highest BCUT2D eigenvalue weighted by Gasteiger charge is 2.18. The molecule has 0 amide bonds. The summed E-state index contributed by atoms with van der Waals surface area (Å²) in [7, 11) is 0. The van der Waals surface area contributed by atoms with Crippen LogP contribution in [0.15, 0.2) is 21.4 Å². The smallest absolute Gasteiger partial charge is 0.313 e. The molecule has 0 saturated carbocycles. The summed E-state index contributed by atoms with van der Waals surface area (Å²) >= 11 is 2.50. The van der Waals surface area contributed by atoms with E-state index in [-0.39, 0.29) is 17.4 Å². The quantitative estimate of drug-likeness (QED) is 0.652. The lowest BCUT2D eigenvalue weighted by Crippen LogP contribution is -2.27. The summed E-state index contributed by atoms with van der Waals surface area (Å²) in [5, 5.41) is 11.8. The van der Waals surface area contributed by atoms with Crippen molar-refractivity contribution < 1.29 is 9.90 Å². The summed E-state index contributed by atoms with van der Waals surface area (Å²) < 4.78 is 1.64. The van der Waals surface area contributed by atoms with Crippen molar-refractivity contribution in [3.63, 3.8) is 0 Å². The lowest BCUT2D eigenvalue weighted by Gasteiger charge is -2.20. The predicted molar refractivity (Wildman–Crippen MR) is 86.4 cm³/mol. The van der Waals surface area contributed by atoms with Crippen molar-refractivity contribution in [2.24, 2.45) is 5.92 Å². The summed E-state index contributed by atoms with van der Waals surface area (Å²) in [6, 6.07) is 1.77. The normalized spacial score (nSPS) is 13.0. The number of rotatable bonds is 6. The predicted octanol–water partition coefficient (Wildman–Crippen LogP) is 3.24. The van der Waals surface area contributed by atoms with E-state index in [0.717, 1.165) is 18.2 Å². The number of carbonyl (C=O) groups is 1. The molecule has 0 aliphatic rings. The molecule has 2 rings (SSSR count). The van der Waals surface area contributed by atoms with Crippen molar-refractivity contribution in [1.82, 2.24) is 9.55 Å². The van der Waals surface area contributed by atoms with Crippen LogP contribution in [0.4, 0.5) is 0 Å². The molecular weight excluding hydrogens is 308 g/mol. The molecule has 21 heavy (non-hydrogen) atoms. The van der Waals surface area contributed by atoms with Gasteiger partial charge in [0, 0.05) is 6.04 Å². The average molecular weight is 326 g/mol. The summed E-state index contributed by atoms with van der Waals surface area (Å²) in [5.41, 5.74) is -0.0812. The molecular formula is C14H18N2O3S2. The van der Waals surface area contributed by atoms with Gasteiger partial charge in [-0.25, -0.2) is 4.98 Å². The third-order valence-electron chi connectivity index (χ3n) is 3.08. The van der Waals surface area contributed by atoms with Gasteiger partial charge in [-0.3, -0.25) is 14.2 Å². The lowest BCUT2D eigenvalue weighted by atomic mass is 10.1. The topological polar surface area (TPSA) is 72.2 Å². The van der Waals surface area contributed by atoms with E-state index in [2.05, 4.69) is 18.8 Å². The van der Waals surface area contributed by atoms with Crippen LogP contribution < -0.4 is 5.56 Å². The van der Waals surface area contributed by atoms with Crippen LogP contribution in [-0.4, -0.2) is 26.4 Å². The summed E-state index contributed by atoms with van der Waals surface area (Å²) in [6.45, 7) is 6.18. The number of carboxylic acid groups (broad SMARTS) is 1. The number of hydrogen-bond acceptors (Lipinski definition) is 5.